The van der Waals surface area contributed by atoms with Crippen LogP contribution in [0, 0.1) is 0 Å². The van der Waals surface area contributed by atoms with Crippen LogP contribution in [-0.2, 0) is 14.8 Å². The molecule has 0 atom stereocenters. The Balaban J connectivity index is 1.61. The first-order chi connectivity index (χ1) is 10.9. The highest BCUT2D eigenvalue weighted by molar-refractivity contribution is 7.99. The van der Waals surface area contributed by atoms with E-state index < -0.39 is 10.0 Å². The molecule has 0 aromatic heterocycles. The predicted molar refractivity (Wildman–Crippen MR) is 92.4 cm³/mol. The van der Waals surface area contributed by atoms with Crippen LogP contribution >= 0.6 is 11.8 Å². The number of rotatable bonds is 3. The molecule has 0 radical (unpaired) electrons. The van der Waals surface area contributed by atoms with Crippen molar-refractivity contribution in [2.45, 2.75) is 4.90 Å². The molecule has 2 aliphatic rings. The van der Waals surface area contributed by atoms with Gasteiger partial charge in [0.1, 0.15) is 0 Å². The summed E-state index contributed by atoms with van der Waals surface area (Å²) in [6.45, 7) is 2.92. The van der Waals surface area contributed by atoms with Gasteiger partial charge in [-0.3, -0.25) is 4.79 Å². The third kappa shape index (κ3) is 3.81. The van der Waals surface area contributed by atoms with Crippen molar-refractivity contribution in [3.8, 4) is 0 Å². The van der Waals surface area contributed by atoms with E-state index in [1.165, 1.54) is 15.5 Å². The smallest absolute Gasteiger partial charge is 0.242 e. The monoisotopic (exact) mass is 355 g/mol. The van der Waals surface area contributed by atoms with Crippen molar-refractivity contribution in [1.29, 1.82) is 0 Å². The topological polar surface area (TPSA) is 60.9 Å². The molecule has 1 amide bonds. The van der Waals surface area contributed by atoms with Crippen LogP contribution in [0.25, 0.3) is 0 Å². The van der Waals surface area contributed by atoms with Gasteiger partial charge < -0.3 is 9.80 Å². The second-order valence-corrected chi connectivity index (χ2v) is 8.90. The molecule has 3 rings (SSSR count). The molecule has 0 bridgehead atoms. The molecular weight excluding hydrogens is 334 g/mol. The minimum Gasteiger partial charge on any atom is -0.360 e. The van der Waals surface area contributed by atoms with Crippen LogP contribution in [0.5, 0.6) is 0 Å². The highest BCUT2D eigenvalue weighted by Gasteiger charge is 2.27. The first kappa shape index (κ1) is 16.6. The molecule has 0 N–H and O–H groups in total. The normalized spacial score (nSPS) is 19.5. The molecule has 23 heavy (non-hydrogen) atoms. The van der Waals surface area contributed by atoms with Crippen molar-refractivity contribution < 1.29 is 13.2 Å². The number of nitrogens with zero attached hydrogens (tertiary/aromatic N) is 3. The zero-order chi connectivity index (χ0) is 16.4. The summed E-state index contributed by atoms with van der Waals surface area (Å²) in [5.74, 6) is 1.05. The lowest BCUT2D eigenvalue weighted by Crippen LogP contribution is -2.52. The molecule has 2 aliphatic heterocycles. The largest absolute Gasteiger partial charge is 0.360 e. The van der Waals surface area contributed by atoms with E-state index in [2.05, 4.69) is 17.0 Å². The van der Waals surface area contributed by atoms with Crippen molar-refractivity contribution in [2.75, 3.05) is 56.2 Å². The highest BCUT2D eigenvalue weighted by atomic mass is 32.2. The van der Waals surface area contributed by atoms with Crippen molar-refractivity contribution in [1.82, 2.24) is 9.21 Å². The maximum absolute atomic E-state index is 12.5. The maximum Gasteiger partial charge on any atom is 0.242 e. The molecule has 126 valence electrons. The first-order valence-electron chi connectivity index (χ1n) is 7.65. The summed E-state index contributed by atoms with van der Waals surface area (Å²) < 4.78 is 24.5. The number of hydrogen-bond donors (Lipinski definition) is 0. The van der Waals surface area contributed by atoms with Crippen LogP contribution in [0.3, 0.4) is 0 Å². The van der Waals surface area contributed by atoms with Crippen LogP contribution in [0.15, 0.2) is 29.2 Å². The van der Waals surface area contributed by atoms with Crippen LogP contribution in [-0.4, -0.2) is 74.8 Å². The van der Waals surface area contributed by atoms with E-state index in [0.717, 1.165) is 18.0 Å². The van der Waals surface area contributed by atoms with Gasteiger partial charge in [-0.15, -0.1) is 11.8 Å². The molecule has 0 spiro atoms. The number of anilines is 1. The molecule has 0 saturated carbocycles. The molecule has 2 heterocycles. The van der Waals surface area contributed by atoms with Gasteiger partial charge in [0.25, 0.3) is 0 Å². The average molecular weight is 355 g/mol. The van der Waals surface area contributed by atoms with Crippen LogP contribution in [0.2, 0.25) is 0 Å². The Morgan fingerprint density at radius 1 is 1.13 bits per heavy atom. The summed E-state index contributed by atoms with van der Waals surface area (Å²) in [6.07, 6.45) is 1.22. The number of fused-ring (bicyclic) bond motifs is 1. The SMILES string of the molecule is CS(=O)(=O)N1CCN(C(=O)CN2CCSc3ccccc32)CC1. The molecule has 0 aliphatic carbocycles. The fourth-order valence-corrected chi connectivity index (χ4v) is 4.80. The molecule has 1 aromatic rings. The second kappa shape index (κ2) is 6.70. The number of thioether (sulfide) groups is 1. The Labute approximate surface area is 141 Å². The van der Waals surface area contributed by atoms with Gasteiger partial charge in [-0.1, -0.05) is 12.1 Å². The molecule has 8 heteroatoms. The van der Waals surface area contributed by atoms with Gasteiger partial charge in [0.05, 0.1) is 18.5 Å². The fourth-order valence-electron chi connectivity index (χ4n) is 2.92. The molecule has 1 aromatic carbocycles. The number of piperazine rings is 1. The molecule has 1 saturated heterocycles. The minimum absolute atomic E-state index is 0.0693. The lowest BCUT2D eigenvalue weighted by Gasteiger charge is -2.36. The standard InChI is InChI=1S/C15H21N3O3S2/c1-23(20,21)18-8-6-16(7-9-18)15(19)12-17-10-11-22-14-5-3-2-4-13(14)17/h2-5H,6-12H2,1H3. The third-order valence-electron chi connectivity index (χ3n) is 4.21. The molecule has 0 unspecified atom stereocenters. The molecule has 6 nitrogen and oxygen atoms in total. The fraction of sp³-hybridized carbons (Fsp3) is 0.533. The quantitative estimate of drug-likeness (QED) is 0.799. The third-order valence-corrected chi connectivity index (χ3v) is 6.56. The minimum atomic E-state index is -3.16. The lowest BCUT2D eigenvalue weighted by molar-refractivity contribution is -0.130. The summed E-state index contributed by atoms with van der Waals surface area (Å²) >= 11 is 1.82. The molecular formula is C15H21N3O3S2. The lowest BCUT2D eigenvalue weighted by atomic mass is 10.2. The number of hydrogen-bond acceptors (Lipinski definition) is 5. The van der Waals surface area contributed by atoms with E-state index >= 15 is 0 Å². The number of carbonyl (C=O) groups is 1. The number of carbonyl (C=O) groups excluding carboxylic acids is 1. The summed E-state index contributed by atoms with van der Waals surface area (Å²) in [6, 6.07) is 8.15. The Kier molecular flexibility index (Phi) is 4.84. The van der Waals surface area contributed by atoms with Gasteiger partial charge >= 0.3 is 0 Å². The first-order valence-corrected chi connectivity index (χ1v) is 10.5. The van der Waals surface area contributed by atoms with E-state index in [-0.39, 0.29) is 5.91 Å². The van der Waals surface area contributed by atoms with Gasteiger partial charge in [0.2, 0.25) is 15.9 Å². The Bertz CT molecular complexity index is 685. The zero-order valence-corrected chi connectivity index (χ0v) is 14.8. The zero-order valence-electron chi connectivity index (χ0n) is 13.1. The van der Waals surface area contributed by atoms with Crippen molar-refractivity contribution >= 4 is 33.4 Å². The van der Waals surface area contributed by atoms with E-state index in [4.69, 9.17) is 0 Å². The number of sulfonamides is 1. The van der Waals surface area contributed by atoms with Crippen molar-refractivity contribution in [3.05, 3.63) is 24.3 Å². The van der Waals surface area contributed by atoms with E-state index in [1.54, 1.807) is 4.90 Å². The Morgan fingerprint density at radius 2 is 1.83 bits per heavy atom. The van der Waals surface area contributed by atoms with Crippen LogP contribution in [0.1, 0.15) is 0 Å². The van der Waals surface area contributed by atoms with Crippen molar-refractivity contribution in [3.63, 3.8) is 0 Å². The number of amides is 1. The average Bonchev–Trinajstić information content (AvgIpc) is 2.54. The van der Waals surface area contributed by atoms with Crippen LogP contribution < -0.4 is 4.90 Å². The van der Waals surface area contributed by atoms with Gasteiger partial charge in [-0.05, 0) is 12.1 Å². The summed E-state index contributed by atoms with van der Waals surface area (Å²) in [5, 5.41) is 0. The van der Waals surface area contributed by atoms with Gasteiger partial charge in [0.15, 0.2) is 0 Å². The van der Waals surface area contributed by atoms with E-state index in [1.807, 2.05) is 23.9 Å². The highest BCUT2D eigenvalue weighted by Crippen LogP contribution is 2.34. The van der Waals surface area contributed by atoms with E-state index in [9.17, 15) is 13.2 Å². The van der Waals surface area contributed by atoms with Gasteiger partial charge in [-0.2, -0.15) is 4.31 Å². The molecule has 1 fully saturated rings. The summed E-state index contributed by atoms with van der Waals surface area (Å²) in [5.41, 5.74) is 1.12. The Morgan fingerprint density at radius 3 is 2.52 bits per heavy atom. The number of benzene rings is 1. The summed E-state index contributed by atoms with van der Waals surface area (Å²) in [4.78, 5) is 17.7. The van der Waals surface area contributed by atoms with Gasteiger partial charge in [0, 0.05) is 43.4 Å². The summed E-state index contributed by atoms with van der Waals surface area (Å²) in [7, 11) is -3.16. The van der Waals surface area contributed by atoms with Crippen LogP contribution in [0.4, 0.5) is 5.69 Å². The van der Waals surface area contributed by atoms with E-state index in [0.29, 0.717) is 32.7 Å². The maximum atomic E-state index is 12.5. The predicted octanol–water partition coefficient (Wildman–Crippen LogP) is 0.703. The Hall–Kier alpha value is -1.25. The number of para-hydroxylation sites is 1. The second-order valence-electron chi connectivity index (χ2n) is 5.78. The van der Waals surface area contributed by atoms with Gasteiger partial charge in [-0.25, -0.2) is 8.42 Å². The van der Waals surface area contributed by atoms with Crippen molar-refractivity contribution in [2.24, 2.45) is 0 Å².